The Bertz CT molecular complexity index is 414. The average molecular weight is 358 g/mol. The van der Waals surface area contributed by atoms with E-state index in [1.807, 2.05) is 24.3 Å². The third-order valence-corrected chi connectivity index (χ3v) is 4.13. The van der Waals surface area contributed by atoms with Gasteiger partial charge < -0.3 is 10.2 Å². The Morgan fingerprint density at radius 2 is 2.17 bits per heavy atom. The van der Waals surface area contributed by atoms with Gasteiger partial charge in [0.05, 0.1) is 0 Å². The first-order valence-corrected chi connectivity index (χ1v) is 7.55. The van der Waals surface area contributed by atoms with Crippen LogP contribution < -0.4 is 5.32 Å². The second-order valence-corrected chi connectivity index (χ2v) is 5.94. The van der Waals surface area contributed by atoms with Crippen molar-refractivity contribution < 1.29 is 4.79 Å². The minimum absolute atomic E-state index is 0.0588. The first-order valence-electron chi connectivity index (χ1n) is 6.48. The van der Waals surface area contributed by atoms with Crippen LogP contribution in [0, 0.1) is 3.57 Å². The van der Waals surface area contributed by atoms with Crippen molar-refractivity contribution in [2.75, 3.05) is 19.6 Å². The fraction of sp³-hybridized carbons (Fsp3) is 0.500. The van der Waals surface area contributed by atoms with Crippen LogP contribution in [0.5, 0.6) is 0 Å². The van der Waals surface area contributed by atoms with Crippen LogP contribution in [0.1, 0.15) is 30.1 Å². The molecule has 0 unspecified atom stereocenters. The van der Waals surface area contributed by atoms with Gasteiger partial charge in [-0.2, -0.15) is 0 Å². The number of likely N-dealkylation sites (tertiary alicyclic amines) is 1. The predicted molar refractivity (Wildman–Crippen MR) is 81.8 cm³/mol. The Hall–Kier alpha value is -0.620. The van der Waals surface area contributed by atoms with Crippen molar-refractivity contribution in [3.05, 3.63) is 33.4 Å². The standard InChI is InChI=1S/C14H19IN2O/c1-2-17-8-6-13(7-9-17)16-14(18)11-4-3-5-12(15)10-11/h3-5,10,13H,2,6-9H2,1H3,(H,16,18). The van der Waals surface area contributed by atoms with E-state index >= 15 is 0 Å². The maximum Gasteiger partial charge on any atom is 0.251 e. The van der Waals surface area contributed by atoms with E-state index in [9.17, 15) is 4.79 Å². The van der Waals surface area contributed by atoms with Gasteiger partial charge in [-0.05, 0) is 60.2 Å². The van der Waals surface area contributed by atoms with Crippen LogP contribution in [0.4, 0.5) is 0 Å². The summed E-state index contributed by atoms with van der Waals surface area (Å²) in [5, 5.41) is 3.14. The molecule has 1 fully saturated rings. The number of benzene rings is 1. The summed E-state index contributed by atoms with van der Waals surface area (Å²) in [6.07, 6.45) is 2.12. The van der Waals surface area contributed by atoms with Gasteiger partial charge in [0.2, 0.25) is 0 Å². The van der Waals surface area contributed by atoms with Crippen LogP contribution in [-0.2, 0) is 0 Å². The number of nitrogens with zero attached hydrogens (tertiary/aromatic N) is 1. The minimum Gasteiger partial charge on any atom is -0.349 e. The fourth-order valence-corrected chi connectivity index (χ4v) is 2.84. The molecule has 0 aliphatic carbocycles. The molecule has 1 aliphatic heterocycles. The van der Waals surface area contributed by atoms with Crippen molar-refractivity contribution in [2.45, 2.75) is 25.8 Å². The summed E-state index contributed by atoms with van der Waals surface area (Å²) in [6, 6.07) is 8.06. The summed E-state index contributed by atoms with van der Waals surface area (Å²) in [4.78, 5) is 14.5. The van der Waals surface area contributed by atoms with Crippen LogP contribution >= 0.6 is 22.6 Å². The Labute approximate surface area is 122 Å². The SMILES string of the molecule is CCN1CCC(NC(=O)c2cccc(I)c2)CC1. The van der Waals surface area contributed by atoms with Gasteiger partial charge in [0.25, 0.3) is 5.91 Å². The predicted octanol–water partition coefficient (Wildman–Crippen LogP) is 2.51. The molecule has 4 heteroatoms. The molecule has 1 saturated heterocycles. The fourth-order valence-electron chi connectivity index (χ4n) is 2.29. The molecule has 0 bridgehead atoms. The largest absolute Gasteiger partial charge is 0.349 e. The molecule has 2 rings (SSSR count). The average Bonchev–Trinajstić information content (AvgIpc) is 2.39. The minimum atomic E-state index is 0.0588. The smallest absolute Gasteiger partial charge is 0.251 e. The molecular weight excluding hydrogens is 339 g/mol. The number of amides is 1. The number of carbonyl (C=O) groups excluding carboxylic acids is 1. The zero-order valence-electron chi connectivity index (χ0n) is 10.7. The molecule has 18 heavy (non-hydrogen) atoms. The first kappa shape index (κ1) is 13.8. The lowest BCUT2D eigenvalue weighted by molar-refractivity contribution is 0.0912. The zero-order chi connectivity index (χ0) is 13.0. The molecule has 1 heterocycles. The van der Waals surface area contributed by atoms with Crippen LogP contribution in [0.3, 0.4) is 0 Å². The highest BCUT2D eigenvalue weighted by Crippen LogP contribution is 2.12. The van der Waals surface area contributed by atoms with E-state index < -0.39 is 0 Å². The van der Waals surface area contributed by atoms with E-state index in [0.717, 1.165) is 41.6 Å². The van der Waals surface area contributed by atoms with Crippen molar-refractivity contribution >= 4 is 28.5 Å². The number of carbonyl (C=O) groups is 1. The molecule has 1 aromatic rings. The monoisotopic (exact) mass is 358 g/mol. The zero-order valence-corrected chi connectivity index (χ0v) is 12.8. The number of halogens is 1. The molecule has 0 spiro atoms. The van der Waals surface area contributed by atoms with Crippen LogP contribution in [0.25, 0.3) is 0 Å². The maximum atomic E-state index is 12.1. The van der Waals surface area contributed by atoms with E-state index in [4.69, 9.17) is 0 Å². The van der Waals surface area contributed by atoms with E-state index in [2.05, 4.69) is 39.7 Å². The van der Waals surface area contributed by atoms with Gasteiger partial charge >= 0.3 is 0 Å². The van der Waals surface area contributed by atoms with Crippen molar-refractivity contribution in [2.24, 2.45) is 0 Å². The van der Waals surface area contributed by atoms with Crippen molar-refractivity contribution in [1.29, 1.82) is 0 Å². The highest BCUT2D eigenvalue weighted by Gasteiger charge is 2.20. The molecule has 0 aromatic heterocycles. The number of piperidine rings is 1. The third-order valence-electron chi connectivity index (χ3n) is 3.46. The molecule has 1 N–H and O–H groups in total. The quantitative estimate of drug-likeness (QED) is 0.843. The maximum absolute atomic E-state index is 12.1. The van der Waals surface area contributed by atoms with Gasteiger partial charge in [0.15, 0.2) is 0 Å². The topological polar surface area (TPSA) is 32.3 Å². The second-order valence-electron chi connectivity index (χ2n) is 4.69. The number of rotatable bonds is 3. The van der Waals surface area contributed by atoms with E-state index in [1.165, 1.54) is 0 Å². The van der Waals surface area contributed by atoms with Gasteiger partial charge in [0.1, 0.15) is 0 Å². The van der Waals surface area contributed by atoms with Gasteiger partial charge in [0, 0.05) is 28.3 Å². The summed E-state index contributed by atoms with van der Waals surface area (Å²) in [6.45, 7) is 5.48. The lowest BCUT2D eigenvalue weighted by atomic mass is 10.0. The summed E-state index contributed by atoms with van der Waals surface area (Å²) in [5.74, 6) is 0.0588. The van der Waals surface area contributed by atoms with Gasteiger partial charge in [-0.15, -0.1) is 0 Å². The molecule has 0 atom stereocenters. The van der Waals surface area contributed by atoms with E-state index in [-0.39, 0.29) is 5.91 Å². The highest BCUT2D eigenvalue weighted by molar-refractivity contribution is 14.1. The third kappa shape index (κ3) is 3.68. The molecule has 1 aromatic carbocycles. The Morgan fingerprint density at radius 1 is 1.44 bits per heavy atom. The molecule has 1 aliphatic rings. The van der Waals surface area contributed by atoms with Crippen LogP contribution in [-0.4, -0.2) is 36.5 Å². The lowest BCUT2D eigenvalue weighted by Crippen LogP contribution is -2.44. The van der Waals surface area contributed by atoms with Crippen molar-refractivity contribution in [1.82, 2.24) is 10.2 Å². The van der Waals surface area contributed by atoms with E-state index in [1.54, 1.807) is 0 Å². The van der Waals surface area contributed by atoms with Gasteiger partial charge in [-0.25, -0.2) is 0 Å². The summed E-state index contributed by atoms with van der Waals surface area (Å²) in [5.41, 5.74) is 0.764. The van der Waals surface area contributed by atoms with Crippen molar-refractivity contribution in [3.63, 3.8) is 0 Å². The lowest BCUT2D eigenvalue weighted by Gasteiger charge is -2.31. The molecular formula is C14H19IN2O. The van der Waals surface area contributed by atoms with Crippen LogP contribution in [0.15, 0.2) is 24.3 Å². The molecule has 3 nitrogen and oxygen atoms in total. The Balaban J connectivity index is 1.89. The van der Waals surface area contributed by atoms with Crippen LogP contribution in [0.2, 0.25) is 0 Å². The number of hydrogen-bond donors (Lipinski definition) is 1. The van der Waals surface area contributed by atoms with Gasteiger partial charge in [-0.3, -0.25) is 4.79 Å². The normalized spacial score (nSPS) is 17.7. The molecule has 98 valence electrons. The molecule has 0 radical (unpaired) electrons. The second kappa shape index (κ2) is 6.52. The van der Waals surface area contributed by atoms with Gasteiger partial charge in [-0.1, -0.05) is 13.0 Å². The Morgan fingerprint density at radius 3 is 2.78 bits per heavy atom. The molecule has 0 saturated carbocycles. The summed E-state index contributed by atoms with van der Waals surface area (Å²) >= 11 is 2.23. The van der Waals surface area contributed by atoms with Crippen molar-refractivity contribution in [3.8, 4) is 0 Å². The number of hydrogen-bond acceptors (Lipinski definition) is 2. The highest BCUT2D eigenvalue weighted by atomic mass is 127. The van der Waals surface area contributed by atoms with E-state index in [0.29, 0.717) is 6.04 Å². The Kier molecular flexibility index (Phi) is 5.00. The summed E-state index contributed by atoms with van der Waals surface area (Å²) < 4.78 is 1.10. The molecule has 1 amide bonds. The summed E-state index contributed by atoms with van der Waals surface area (Å²) in [7, 11) is 0. The first-order chi connectivity index (χ1) is 8.69. The number of nitrogens with one attached hydrogen (secondary N) is 1.